The lowest BCUT2D eigenvalue weighted by atomic mass is 9.87. The van der Waals surface area contributed by atoms with E-state index in [0.29, 0.717) is 50.4 Å². The third kappa shape index (κ3) is 13.4. The first-order valence-corrected chi connectivity index (χ1v) is 21.8. The van der Waals surface area contributed by atoms with Crippen LogP contribution in [-0.2, 0) is 67.2 Å². The molecule has 5 aliphatic rings. The lowest BCUT2D eigenvalue weighted by molar-refractivity contribution is -0.130. The number of amides is 3. The molecule has 5 heterocycles. The fourth-order valence-electron chi connectivity index (χ4n) is 7.44. The summed E-state index contributed by atoms with van der Waals surface area (Å²) in [6, 6.07) is 30.8. The van der Waals surface area contributed by atoms with Gasteiger partial charge in [-0.15, -0.1) is 0 Å². The zero-order chi connectivity index (χ0) is 41.8. The largest absolute Gasteiger partial charge is 0.384 e. The van der Waals surface area contributed by atoms with Gasteiger partial charge in [-0.2, -0.15) is 0 Å². The first kappa shape index (κ1) is 42.9. The first-order chi connectivity index (χ1) is 28.4. The van der Waals surface area contributed by atoms with Gasteiger partial charge in [-0.05, 0) is 46.2 Å². The summed E-state index contributed by atoms with van der Waals surface area (Å²) in [7, 11) is -3.75. The van der Waals surface area contributed by atoms with Gasteiger partial charge >= 0.3 is 0 Å². The lowest BCUT2D eigenvalue weighted by Gasteiger charge is -2.33. The Hall–Kier alpha value is -5.70. The smallest absolute Gasteiger partial charge is 0.234 e. The predicted octanol–water partition coefficient (Wildman–Crippen LogP) is 2.74. The highest BCUT2D eigenvalue weighted by Gasteiger charge is 2.31. The van der Waals surface area contributed by atoms with Crippen LogP contribution in [0.25, 0.3) is 0 Å². The van der Waals surface area contributed by atoms with Crippen molar-refractivity contribution in [2.45, 2.75) is 44.6 Å². The monoisotopic (exact) mass is 819 g/mol. The summed E-state index contributed by atoms with van der Waals surface area (Å²) in [4.78, 5) is 58.2. The highest BCUT2D eigenvalue weighted by molar-refractivity contribution is 7.90. The number of Topliss-reactive ketones (excluding diaryl/α,β-unsaturated/α-hetero) is 1. The van der Waals surface area contributed by atoms with Crippen molar-refractivity contribution in [2.24, 2.45) is 17.6 Å². The zero-order valence-electron chi connectivity index (χ0n) is 33.2. The van der Waals surface area contributed by atoms with Crippen molar-refractivity contribution in [3.63, 3.8) is 0 Å². The molecular formula is C45H53N7O6S. The topological polar surface area (TPSA) is 195 Å². The molecule has 2 atom stereocenters. The van der Waals surface area contributed by atoms with Crippen LogP contribution >= 0.6 is 0 Å². The maximum Gasteiger partial charge on any atom is 0.234 e. The number of rotatable bonds is 8. The van der Waals surface area contributed by atoms with Crippen LogP contribution in [0.4, 0.5) is 0 Å². The van der Waals surface area contributed by atoms with E-state index in [2.05, 4.69) is 25.8 Å². The van der Waals surface area contributed by atoms with Crippen molar-refractivity contribution in [1.29, 1.82) is 5.41 Å². The first-order valence-electron chi connectivity index (χ1n) is 20.0. The summed E-state index contributed by atoms with van der Waals surface area (Å²) in [6.45, 7) is 4.02. The molecule has 59 heavy (non-hydrogen) atoms. The number of nitrogen functional groups attached to an aromatic ring is 1. The van der Waals surface area contributed by atoms with Crippen LogP contribution < -0.4 is 21.7 Å². The minimum absolute atomic E-state index is 0.0635. The molecule has 0 radical (unpaired) electrons. The third-order valence-electron chi connectivity index (χ3n) is 10.9. The summed E-state index contributed by atoms with van der Waals surface area (Å²) in [6.07, 6.45) is 0.197. The number of sulfone groups is 1. The molecule has 0 unspecified atom stereocenters. The van der Waals surface area contributed by atoms with Crippen LogP contribution in [0.5, 0.6) is 0 Å². The summed E-state index contributed by atoms with van der Waals surface area (Å²) >= 11 is 0. The van der Waals surface area contributed by atoms with Crippen LogP contribution in [-0.4, -0.2) is 92.6 Å². The Balaban J connectivity index is 1.26. The van der Waals surface area contributed by atoms with Crippen LogP contribution in [0.3, 0.4) is 0 Å². The van der Waals surface area contributed by atoms with E-state index < -0.39 is 21.7 Å². The van der Waals surface area contributed by atoms with E-state index in [0.717, 1.165) is 27.8 Å². The van der Waals surface area contributed by atoms with E-state index in [1.165, 1.54) is 0 Å². The van der Waals surface area contributed by atoms with Crippen LogP contribution in [0.2, 0.25) is 0 Å². The molecule has 310 valence electrons. The number of nitrogens with one attached hydrogen (secondary N) is 4. The molecule has 13 nitrogen and oxygen atoms in total. The maximum atomic E-state index is 14.4. The average Bonchev–Trinajstić information content (AvgIpc) is 3.22. The van der Waals surface area contributed by atoms with Crippen LogP contribution in [0, 0.1) is 17.2 Å². The van der Waals surface area contributed by atoms with Gasteiger partial charge < -0.3 is 21.7 Å². The van der Waals surface area contributed by atoms with Crippen LogP contribution in [0.15, 0.2) is 103 Å². The molecule has 0 aromatic heterocycles. The highest BCUT2D eigenvalue weighted by atomic mass is 32.2. The number of fused-ring (bicyclic) bond motifs is 3. The minimum atomic E-state index is -3.75. The zero-order valence-corrected chi connectivity index (χ0v) is 34.0. The van der Waals surface area contributed by atoms with Gasteiger partial charge in [0.1, 0.15) is 11.6 Å². The van der Waals surface area contributed by atoms with Crippen molar-refractivity contribution in [3.05, 3.63) is 142 Å². The second-order valence-electron chi connectivity index (χ2n) is 15.6. The summed E-state index contributed by atoms with van der Waals surface area (Å²) < 4.78 is 27.4. The van der Waals surface area contributed by atoms with E-state index in [1.54, 1.807) is 48.5 Å². The summed E-state index contributed by atoms with van der Waals surface area (Å²) in [5.41, 5.74) is 10.9. The van der Waals surface area contributed by atoms with Gasteiger partial charge in [0.25, 0.3) is 0 Å². The Morgan fingerprint density at radius 2 is 1.19 bits per heavy atom. The van der Waals surface area contributed by atoms with Gasteiger partial charge in [-0.1, -0.05) is 103 Å². The Morgan fingerprint density at radius 1 is 0.678 bits per heavy atom. The second-order valence-corrected chi connectivity index (χ2v) is 17.7. The number of nitrogens with zero attached hydrogens (tertiary/aromatic N) is 2. The summed E-state index contributed by atoms with van der Waals surface area (Å²) in [5.74, 6) is -3.28. The maximum absolute atomic E-state index is 14.4. The Bertz CT molecular complexity index is 2190. The van der Waals surface area contributed by atoms with Gasteiger partial charge in [-0.25, -0.2) is 8.42 Å². The SMILES string of the molecule is N=C(N)c1ccc(CNC(=O)[C@H]2CC(=O)[C@H](CS(=O)(=O)Cc3ccccc3)Cc3ccc(cc3)CNC(=O)CN3CCN(CC3)CC(=O)NCc3ccc(cc3)C2)cc1. The molecule has 6 bridgehead atoms. The Morgan fingerprint density at radius 3 is 1.71 bits per heavy atom. The van der Waals surface area contributed by atoms with E-state index in [4.69, 9.17) is 11.1 Å². The number of hydrogen-bond acceptors (Lipinski definition) is 9. The molecule has 14 heteroatoms. The molecule has 9 rings (SSSR count). The Kier molecular flexibility index (Phi) is 14.8. The number of benzene rings is 4. The second kappa shape index (κ2) is 20.3. The molecule has 0 aliphatic carbocycles. The Labute approximate surface area is 346 Å². The van der Waals surface area contributed by atoms with Gasteiger partial charge in [0, 0.05) is 69.6 Å². The van der Waals surface area contributed by atoms with Crippen molar-refractivity contribution < 1.29 is 27.6 Å². The summed E-state index contributed by atoms with van der Waals surface area (Å²) in [5, 5.41) is 16.6. The van der Waals surface area contributed by atoms with Gasteiger partial charge in [0.05, 0.1) is 24.6 Å². The third-order valence-corrected chi connectivity index (χ3v) is 12.6. The normalized spacial score (nSPS) is 21.1. The van der Waals surface area contributed by atoms with Gasteiger partial charge in [-0.3, -0.25) is 34.4 Å². The van der Waals surface area contributed by atoms with Crippen molar-refractivity contribution in [2.75, 3.05) is 45.0 Å². The van der Waals surface area contributed by atoms with E-state index >= 15 is 0 Å². The number of ketones is 1. The molecular weight excluding hydrogens is 767 g/mol. The number of piperazine rings is 1. The fraction of sp³-hybridized carbons (Fsp3) is 0.356. The van der Waals surface area contributed by atoms with Crippen molar-refractivity contribution in [3.8, 4) is 0 Å². The molecule has 1 saturated heterocycles. The average molecular weight is 820 g/mol. The number of carbonyl (C=O) groups is 4. The minimum Gasteiger partial charge on any atom is -0.384 e. The van der Waals surface area contributed by atoms with E-state index in [-0.39, 0.29) is 79.7 Å². The molecule has 5 aliphatic heterocycles. The predicted molar refractivity (Wildman–Crippen MR) is 227 cm³/mol. The standard InChI is InChI=1S/C45H53N7O6S/c46-44(47)38-16-14-36(15-17-38)27-50-45(56)39-22-32-6-10-34(11-7-32)25-48-42(54)28-51-18-20-52(21-19-51)29-43(55)49-26-35-12-8-33(9-13-35)23-40(41(53)24-39)31-59(57,58)30-37-4-2-1-3-5-37/h1-17,39-40H,18-31H2,(H3,46,47)(H,48,54)(H,49,55)(H,50,56)/t39-,40+/m1/s1. The van der Waals surface area contributed by atoms with E-state index in [1.807, 2.05) is 54.6 Å². The lowest BCUT2D eigenvalue weighted by Crippen LogP contribution is -2.51. The number of nitrogens with two attached hydrogens (primary N) is 1. The molecule has 0 saturated carbocycles. The van der Waals surface area contributed by atoms with Crippen molar-refractivity contribution in [1.82, 2.24) is 25.8 Å². The number of carbonyl (C=O) groups excluding carboxylic acids is 4. The molecule has 4 aromatic carbocycles. The molecule has 3 amide bonds. The fourth-order valence-corrected chi connectivity index (χ4v) is 9.18. The number of hydrogen-bond donors (Lipinski definition) is 5. The highest BCUT2D eigenvalue weighted by Crippen LogP contribution is 2.23. The van der Waals surface area contributed by atoms with Crippen LogP contribution in [0.1, 0.15) is 45.4 Å². The van der Waals surface area contributed by atoms with Crippen molar-refractivity contribution >= 4 is 39.2 Å². The number of amidine groups is 1. The molecule has 0 spiro atoms. The molecule has 1 fully saturated rings. The molecule has 6 N–H and O–H groups in total. The molecule has 4 aromatic rings. The van der Waals surface area contributed by atoms with Gasteiger partial charge in [0.2, 0.25) is 17.7 Å². The quantitative estimate of drug-likeness (QED) is 0.131. The van der Waals surface area contributed by atoms with E-state index in [9.17, 15) is 27.6 Å². The van der Waals surface area contributed by atoms with Gasteiger partial charge in [0.15, 0.2) is 9.84 Å².